The molecule has 2 bridgehead atoms. The number of nitrogens with one attached hydrogen (secondary N) is 1. The fraction of sp³-hybridized carbons (Fsp3) is 0.500. The first-order valence-corrected chi connectivity index (χ1v) is 7.45. The van der Waals surface area contributed by atoms with E-state index in [4.69, 9.17) is 10.5 Å². The van der Waals surface area contributed by atoms with Crippen LogP contribution in [0.25, 0.3) is 0 Å². The zero-order valence-corrected chi connectivity index (χ0v) is 11.9. The van der Waals surface area contributed by atoms with E-state index in [2.05, 4.69) is 5.32 Å². The van der Waals surface area contributed by atoms with Crippen molar-refractivity contribution in [2.45, 2.75) is 25.7 Å². The van der Waals surface area contributed by atoms with E-state index >= 15 is 0 Å². The van der Waals surface area contributed by atoms with Gasteiger partial charge in [0.25, 0.3) is 0 Å². The number of hydrogen-bond donors (Lipinski definition) is 2. The molecule has 0 radical (unpaired) electrons. The summed E-state index contributed by atoms with van der Waals surface area (Å²) in [5, 5.41) is 2.45. The number of amides is 2. The van der Waals surface area contributed by atoms with Crippen molar-refractivity contribution in [2.75, 3.05) is 11.9 Å². The Balaban J connectivity index is 1.56. The summed E-state index contributed by atoms with van der Waals surface area (Å²) in [6, 6.07) is 5.97. The molecule has 21 heavy (non-hydrogen) atoms. The lowest BCUT2D eigenvalue weighted by Gasteiger charge is -2.21. The zero-order valence-electron chi connectivity index (χ0n) is 11.9. The third kappa shape index (κ3) is 3.17. The average molecular weight is 288 g/mol. The van der Waals surface area contributed by atoms with Crippen molar-refractivity contribution in [2.24, 2.45) is 23.5 Å². The molecule has 3 atom stereocenters. The van der Waals surface area contributed by atoms with Gasteiger partial charge >= 0.3 is 12.0 Å². The number of hydrogen-bond acceptors (Lipinski definition) is 3. The summed E-state index contributed by atoms with van der Waals surface area (Å²) in [6.45, 7) is 0.507. The third-order valence-electron chi connectivity index (χ3n) is 4.68. The maximum atomic E-state index is 12.1. The molecule has 112 valence electrons. The summed E-state index contributed by atoms with van der Waals surface area (Å²) in [4.78, 5) is 22.9. The molecule has 5 heteroatoms. The van der Waals surface area contributed by atoms with Crippen LogP contribution in [0.15, 0.2) is 24.3 Å². The van der Waals surface area contributed by atoms with Crippen LogP contribution >= 0.6 is 0 Å². The highest BCUT2D eigenvalue weighted by atomic mass is 16.5. The fourth-order valence-electron chi connectivity index (χ4n) is 3.71. The Kier molecular flexibility index (Phi) is 3.82. The third-order valence-corrected chi connectivity index (χ3v) is 4.68. The molecular weight excluding hydrogens is 268 g/mol. The summed E-state index contributed by atoms with van der Waals surface area (Å²) in [5.41, 5.74) is 5.99. The van der Waals surface area contributed by atoms with Crippen molar-refractivity contribution in [1.29, 1.82) is 0 Å². The monoisotopic (exact) mass is 288 g/mol. The largest absolute Gasteiger partial charge is 0.462 e. The summed E-state index contributed by atoms with van der Waals surface area (Å²) >= 11 is 0. The number of benzene rings is 1. The van der Waals surface area contributed by atoms with E-state index in [1.165, 1.54) is 25.7 Å². The molecule has 5 nitrogen and oxygen atoms in total. The molecule has 1 aromatic carbocycles. The number of ether oxygens (including phenoxy) is 1. The minimum atomic E-state index is -0.650. The van der Waals surface area contributed by atoms with Crippen molar-refractivity contribution < 1.29 is 14.3 Å². The zero-order chi connectivity index (χ0) is 14.8. The number of nitrogens with two attached hydrogens (primary N) is 1. The predicted octanol–water partition coefficient (Wildman–Crippen LogP) is 2.77. The Bertz CT molecular complexity index is 558. The highest BCUT2D eigenvalue weighted by molar-refractivity contribution is 5.93. The van der Waals surface area contributed by atoms with Crippen LogP contribution in [0.3, 0.4) is 0 Å². The average Bonchev–Trinajstić information content (AvgIpc) is 3.06. The number of urea groups is 1. The first-order chi connectivity index (χ1) is 10.1. The topological polar surface area (TPSA) is 81.4 Å². The molecule has 3 rings (SSSR count). The Labute approximate surface area is 123 Å². The summed E-state index contributed by atoms with van der Waals surface area (Å²) in [6.07, 6.45) is 5.13. The maximum absolute atomic E-state index is 12.1. The molecular formula is C16H20N2O3. The van der Waals surface area contributed by atoms with Gasteiger partial charge in [0.1, 0.15) is 0 Å². The van der Waals surface area contributed by atoms with E-state index in [1.807, 2.05) is 0 Å². The quantitative estimate of drug-likeness (QED) is 0.836. The highest BCUT2D eigenvalue weighted by Gasteiger charge is 2.39. The summed E-state index contributed by atoms with van der Waals surface area (Å²) in [7, 11) is 0. The molecule has 2 aliphatic carbocycles. The molecule has 0 saturated heterocycles. The molecule has 2 fully saturated rings. The van der Waals surface area contributed by atoms with Gasteiger partial charge in [-0.2, -0.15) is 0 Å². The van der Waals surface area contributed by atoms with Gasteiger partial charge in [0.15, 0.2) is 0 Å². The van der Waals surface area contributed by atoms with E-state index in [-0.39, 0.29) is 5.97 Å². The van der Waals surface area contributed by atoms with Gasteiger partial charge in [-0.3, -0.25) is 0 Å². The van der Waals surface area contributed by atoms with Gasteiger partial charge < -0.3 is 15.8 Å². The van der Waals surface area contributed by atoms with Crippen LogP contribution in [0.1, 0.15) is 36.0 Å². The Hall–Kier alpha value is -2.04. The number of anilines is 1. The summed E-state index contributed by atoms with van der Waals surface area (Å²) < 4.78 is 5.44. The molecule has 0 aliphatic heterocycles. The second-order valence-electron chi connectivity index (χ2n) is 6.10. The summed E-state index contributed by atoms with van der Waals surface area (Å²) in [5.74, 6) is 1.78. The molecule has 0 unspecified atom stereocenters. The van der Waals surface area contributed by atoms with Crippen molar-refractivity contribution in [3.8, 4) is 0 Å². The first-order valence-electron chi connectivity index (χ1n) is 7.45. The van der Waals surface area contributed by atoms with Gasteiger partial charge in [-0.25, -0.2) is 9.59 Å². The molecule has 3 N–H and O–H groups in total. The highest BCUT2D eigenvalue weighted by Crippen LogP contribution is 2.48. The predicted molar refractivity (Wildman–Crippen MR) is 78.9 cm³/mol. The minimum absolute atomic E-state index is 0.342. The second-order valence-corrected chi connectivity index (χ2v) is 6.10. The van der Waals surface area contributed by atoms with Crippen LogP contribution in [-0.2, 0) is 4.74 Å². The van der Waals surface area contributed by atoms with Gasteiger partial charge in [-0.1, -0.05) is 12.5 Å². The standard InChI is InChI=1S/C16H20N2O3/c17-16(20)18-14-3-1-2-12(8-14)15(19)21-9-13-7-10-4-5-11(13)6-10/h1-3,8,10-11,13H,4-7,9H2,(H3,17,18,20)/t10-,11-,13+/m0/s1. The van der Waals surface area contributed by atoms with Crippen LogP contribution in [0, 0.1) is 17.8 Å². The molecule has 0 aromatic heterocycles. The lowest BCUT2D eigenvalue weighted by atomic mass is 9.89. The van der Waals surface area contributed by atoms with E-state index in [1.54, 1.807) is 24.3 Å². The van der Waals surface area contributed by atoms with Crippen LogP contribution < -0.4 is 11.1 Å². The first kappa shape index (κ1) is 13.9. The van der Waals surface area contributed by atoms with E-state index in [0.29, 0.717) is 23.8 Å². The van der Waals surface area contributed by atoms with Gasteiger partial charge in [-0.05, 0) is 55.2 Å². The lowest BCUT2D eigenvalue weighted by molar-refractivity contribution is 0.0394. The molecule has 0 heterocycles. The van der Waals surface area contributed by atoms with Crippen molar-refractivity contribution in [1.82, 2.24) is 0 Å². The van der Waals surface area contributed by atoms with E-state index < -0.39 is 6.03 Å². The molecule has 1 aromatic rings. The van der Waals surface area contributed by atoms with Gasteiger partial charge in [0, 0.05) is 5.69 Å². The van der Waals surface area contributed by atoms with E-state index in [0.717, 1.165) is 11.8 Å². The Morgan fingerprint density at radius 3 is 2.81 bits per heavy atom. The van der Waals surface area contributed by atoms with Crippen LogP contribution in [0.5, 0.6) is 0 Å². The smallest absolute Gasteiger partial charge is 0.338 e. The second kappa shape index (κ2) is 5.76. The van der Waals surface area contributed by atoms with Crippen LogP contribution in [0.4, 0.5) is 10.5 Å². The lowest BCUT2D eigenvalue weighted by Crippen LogP contribution is -2.20. The normalized spacial score (nSPS) is 26.6. The number of rotatable bonds is 4. The van der Waals surface area contributed by atoms with Crippen LogP contribution in [0.2, 0.25) is 0 Å². The minimum Gasteiger partial charge on any atom is -0.462 e. The Morgan fingerprint density at radius 1 is 1.29 bits per heavy atom. The molecule has 2 saturated carbocycles. The van der Waals surface area contributed by atoms with Gasteiger partial charge in [0.2, 0.25) is 0 Å². The van der Waals surface area contributed by atoms with Gasteiger partial charge in [0.05, 0.1) is 12.2 Å². The van der Waals surface area contributed by atoms with E-state index in [9.17, 15) is 9.59 Å². The fourth-order valence-corrected chi connectivity index (χ4v) is 3.71. The van der Waals surface area contributed by atoms with Crippen molar-refractivity contribution in [3.63, 3.8) is 0 Å². The Morgan fingerprint density at radius 2 is 2.14 bits per heavy atom. The maximum Gasteiger partial charge on any atom is 0.338 e. The number of carbonyl (C=O) groups excluding carboxylic acids is 2. The number of carbonyl (C=O) groups is 2. The van der Waals surface area contributed by atoms with Crippen LogP contribution in [-0.4, -0.2) is 18.6 Å². The molecule has 0 spiro atoms. The SMILES string of the molecule is NC(=O)Nc1cccc(C(=O)OC[C@H]2C[C@H]3CC[C@H]2C3)c1. The number of esters is 1. The van der Waals surface area contributed by atoms with Gasteiger partial charge in [-0.15, -0.1) is 0 Å². The number of primary amides is 1. The molecule has 2 aliphatic rings. The van der Waals surface area contributed by atoms with Crippen molar-refractivity contribution >= 4 is 17.7 Å². The van der Waals surface area contributed by atoms with Crippen molar-refractivity contribution in [3.05, 3.63) is 29.8 Å². The number of fused-ring (bicyclic) bond motifs is 2. The molecule has 2 amide bonds.